The van der Waals surface area contributed by atoms with E-state index in [-0.39, 0.29) is 5.24 Å². The van der Waals surface area contributed by atoms with E-state index in [2.05, 4.69) is 5.32 Å². The lowest BCUT2D eigenvalue weighted by Crippen LogP contribution is -2.17. The van der Waals surface area contributed by atoms with Crippen molar-refractivity contribution in [1.29, 1.82) is 0 Å². The molecule has 7 heteroatoms. The third-order valence-electron chi connectivity index (χ3n) is 3.65. The van der Waals surface area contributed by atoms with Crippen molar-refractivity contribution in [3.63, 3.8) is 0 Å². The Kier molecular flexibility index (Phi) is 5.48. The molecular weight excluding hydrogens is 354 g/mol. The second kappa shape index (κ2) is 7.97. The lowest BCUT2D eigenvalue weighted by atomic mass is 10.1. The van der Waals surface area contributed by atoms with Crippen LogP contribution in [0.3, 0.4) is 0 Å². The zero-order valence-corrected chi connectivity index (χ0v) is 15.1. The first-order valence-electron chi connectivity index (χ1n) is 7.78. The third kappa shape index (κ3) is 4.00. The molecule has 6 nitrogen and oxygen atoms in total. The molecule has 1 saturated heterocycles. The predicted molar refractivity (Wildman–Crippen MR) is 99.4 cm³/mol. The minimum absolute atomic E-state index is 0.317. The first-order chi connectivity index (χ1) is 12.6. The second-order valence-corrected chi connectivity index (χ2v) is 6.40. The number of carbonyl (C=O) groups is 2. The summed E-state index contributed by atoms with van der Waals surface area (Å²) in [6.45, 7) is 0.362. The van der Waals surface area contributed by atoms with E-state index in [1.807, 2.05) is 30.3 Å². The van der Waals surface area contributed by atoms with Gasteiger partial charge < -0.3 is 14.2 Å². The first kappa shape index (κ1) is 17.9. The summed E-state index contributed by atoms with van der Waals surface area (Å²) in [7, 11) is 3.06. The maximum Gasteiger partial charge on any atom is 0.290 e. The Labute approximate surface area is 155 Å². The SMILES string of the molecule is COc1cc(C=C2SC(=O)NC2=O)cc(OC)c1OCc1ccccc1. The molecule has 0 aromatic heterocycles. The largest absolute Gasteiger partial charge is 0.493 e. The van der Waals surface area contributed by atoms with Gasteiger partial charge in [0.2, 0.25) is 5.75 Å². The van der Waals surface area contributed by atoms with Crippen LogP contribution in [0.15, 0.2) is 47.4 Å². The van der Waals surface area contributed by atoms with Crippen molar-refractivity contribution in [2.75, 3.05) is 14.2 Å². The van der Waals surface area contributed by atoms with E-state index in [1.54, 1.807) is 18.2 Å². The van der Waals surface area contributed by atoms with Gasteiger partial charge in [0.05, 0.1) is 19.1 Å². The van der Waals surface area contributed by atoms with E-state index in [0.717, 1.165) is 17.3 Å². The van der Waals surface area contributed by atoms with Gasteiger partial charge in [0, 0.05) is 0 Å². The molecule has 1 heterocycles. The summed E-state index contributed by atoms with van der Waals surface area (Å²) in [4.78, 5) is 23.3. The van der Waals surface area contributed by atoms with Gasteiger partial charge in [0.25, 0.3) is 11.1 Å². The highest BCUT2D eigenvalue weighted by Gasteiger charge is 2.25. The fraction of sp³-hybridized carbons (Fsp3) is 0.158. The van der Waals surface area contributed by atoms with Gasteiger partial charge in [0.1, 0.15) is 6.61 Å². The average molecular weight is 371 g/mol. The number of nitrogens with one attached hydrogen (secondary N) is 1. The fourth-order valence-electron chi connectivity index (χ4n) is 2.43. The monoisotopic (exact) mass is 371 g/mol. The van der Waals surface area contributed by atoms with Crippen LogP contribution < -0.4 is 19.5 Å². The zero-order chi connectivity index (χ0) is 18.5. The Balaban J connectivity index is 1.89. The Morgan fingerprint density at radius 1 is 1.04 bits per heavy atom. The molecule has 0 bridgehead atoms. The molecule has 0 radical (unpaired) electrons. The molecule has 2 aromatic rings. The molecule has 1 aliphatic rings. The maximum atomic E-state index is 11.7. The van der Waals surface area contributed by atoms with Crippen LogP contribution in [0.25, 0.3) is 6.08 Å². The molecule has 2 aromatic carbocycles. The zero-order valence-electron chi connectivity index (χ0n) is 14.3. The summed E-state index contributed by atoms with van der Waals surface area (Å²) in [5.41, 5.74) is 1.68. The highest BCUT2D eigenvalue weighted by Crippen LogP contribution is 2.40. The Morgan fingerprint density at radius 3 is 2.23 bits per heavy atom. The van der Waals surface area contributed by atoms with Crippen LogP contribution in [-0.4, -0.2) is 25.4 Å². The molecule has 134 valence electrons. The number of rotatable bonds is 6. The number of methoxy groups -OCH3 is 2. The van der Waals surface area contributed by atoms with Crippen LogP contribution in [0, 0.1) is 0 Å². The van der Waals surface area contributed by atoms with E-state index in [0.29, 0.717) is 34.3 Å². The van der Waals surface area contributed by atoms with Crippen LogP contribution in [0.1, 0.15) is 11.1 Å². The summed E-state index contributed by atoms with van der Waals surface area (Å²) < 4.78 is 16.7. The topological polar surface area (TPSA) is 73.9 Å². The molecule has 0 spiro atoms. The fourth-order valence-corrected chi connectivity index (χ4v) is 3.11. The highest BCUT2D eigenvalue weighted by molar-refractivity contribution is 8.18. The van der Waals surface area contributed by atoms with Crippen LogP contribution in [-0.2, 0) is 11.4 Å². The number of hydrogen-bond acceptors (Lipinski definition) is 6. The van der Waals surface area contributed by atoms with Gasteiger partial charge in [0.15, 0.2) is 11.5 Å². The maximum absolute atomic E-state index is 11.7. The smallest absolute Gasteiger partial charge is 0.290 e. The molecule has 1 N–H and O–H groups in total. The lowest BCUT2D eigenvalue weighted by Gasteiger charge is -2.15. The van der Waals surface area contributed by atoms with Gasteiger partial charge in [-0.2, -0.15) is 0 Å². The van der Waals surface area contributed by atoms with E-state index in [1.165, 1.54) is 14.2 Å². The van der Waals surface area contributed by atoms with Crippen molar-refractivity contribution < 1.29 is 23.8 Å². The summed E-state index contributed by atoms with van der Waals surface area (Å²) in [5.74, 6) is 1.01. The minimum Gasteiger partial charge on any atom is -0.493 e. The van der Waals surface area contributed by atoms with Gasteiger partial charge in [-0.15, -0.1) is 0 Å². The molecule has 2 amide bonds. The van der Waals surface area contributed by atoms with Crippen LogP contribution in [0.4, 0.5) is 4.79 Å². The van der Waals surface area contributed by atoms with E-state index in [4.69, 9.17) is 14.2 Å². The predicted octanol–water partition coefficient (Wildman–Crippen LogP) is 3.61. The van der Waals surface area contributed by atoms with Crippen LogP contribution in [0.2, 0.25) is 0 Å². The van der Waals surface area contributed by atoms with Crippen LogP contribution >= 0.6 is 11.8 Å². The van der Waals surface area contributed by atoms with Crippen molar-refractivity contribution >= 4 is 29.0 Å². The standard InChI is InChI=1S/C19H17NO5S/c1-23-14-8-13(10-16-18(21)20-19(22)26-16)9-15(24-2)17(14)25-11-12-6-4-3-5-7-12/h3-10H,11H2,1-2H3,(H,20,21,22). The first-order valence-corrected chi connectivity index (χ1v) is 8.60. The summed E-state index contributed by atoms with van der Waals surface area (Å²) in [6, 6.07) is 13.2. The number of thioether (sulfide) groups is 1. The number of ether oxygens (including phenoxy) is 3. The molecule has 0 unspecified atom stereocenters. The molecule has 0 atom stereocenters. The van der Waals surface area contributed by atoms with Gasteiger partial charge >= 0.3 is 0 Å². The van der Waals surface area contributed by atoms with Crippen molar-refractivity contribution in [2.24, 2.45) is 0 Å². The number of amides is 2. The molecule has 0 saturated carbocycles. The van der Waals surface area contributed by atoms with Crippen molar-refractivity contribution in [3.8, 4) is 17.2 Å². The molecular formula is C19H17NO5S. The van der Waals surface area contributed by atoms with Crippen molar-refractivity contribution in [1.82, 2.24) is 5.32 Å². The molecule has 26 heavy (non-hydrogen) atoms. The molecule has 1 fully saturated rings. The summed E-state index contributed by atoms with van der Waals surface area (Å²) in [5, 5.41) is 1.84. The number of benzene rings is 2. The Morgan fingerprint density at radius 2 is 1.69 bits per heavy atom. The normalized spacial score (nSPS) is 15.1. The van der Waals surface area contributed by atoms with Gasteiger partial charge in [-0.1, -0.05) is 30.3 Å². The minimum atomic E-state index is -0.415. The summed E-state index contributed by atoms with van der Waals surface area (Å²) >= 11 is 0.856. The third-order valence-corrected chi connectivity index (χ3v) is 4.46. The van der Waals surface area contributed by atoms with Gasteiger partial charge in [-0.05, 0) is 41.1 Å². The van der Waals surface area contributed by atoms with E-state index < -0.39 is 5.91 Å². The number of imide groups is 1. The second-order valence-electron chi connectivity index (χ2n) is 5.38. The molecule has 0 aliphatic carbocycles. The lowest BCUT2D eigenvalue weighted by molar-refractivity contribution is -0.115. The highest BCUT2D eigenvalue weighted by atomic mass is 32.2. The molecule has 1 aliphatic heterocycles. The number of hydrogen-bond donors (Lipinski definition) is 1. The van der Waals surface area contributed by atoms with E-state index >= 15 is 0 Å². The Bertz CT molecular complexity index is 838. The quantitative estimate of drug-likeness (QED) is 0.782. The van der Waals surface area contributed by atoms with Crippen molar-refractivity contribution in [3.05, 3.63) is 58.5 Å². The molecule has 3 rings (SSSR count). The summed E-state index contributed by atoms with van der Waals surface area (Å²) in [6.07, 6.45) is 1.61. The van der Waals surface area contributed by atoms with Crippen LogP contribution in [0.5, 0.6) is 17.2 Å². The number of carbonyl (C=O) groups excluding carboxylic acids is 2. The van der Waals surface area contributed by atoms with Crippen molar-refractivity contribution in [2.45, 2.75) is 6.61 Å². The Hall–Kier alpha value is -2.93. The average Bonchev–Trinajstić information content (AvgIpc) is 2.97. The van der Waals surface area contributed by atoms with E-state index in [9.17, 15) is 9.59 Å². The van der Waals surface area contributed by atoms with Gasteiger partial charge in [-0.3, -0.25) is 14.9 Å². The van der Waals surface area contributed by atoms with Gasteiger partial charge in [-0.25, -0.2) is 0 Å².